The first kappa shape index (κ1) is 37.2. The van der Waals surface area contributed by atoms with E-state index in [0.29, 0.717) is 0 Å². The zero-order chi connectivity index (χ0) is 33.0. The smallest absolute Gasteiger partial charge is 0.187 e. The zero-order valence-electron chi connectivity index (χ0n) is 23.5. The van der Waals surface area contributed by atoms with Gasteiger partial charge in [-0.2, -0.15) is 0 Å². The monoisotopic (exact) mass is 645 g/mol. The molecule has 0 spiro atoms. The van der Waals surface area contributed by atoms with E-state index in [9.17, 15) is 71.2 Å². The molecule has 18 atom stereocenters. The summed E-state index contributed by atoms with van der Waals surface area (Å²) in [6.45, 7) is -1.08. The van der Waals surface area contributed by atoms with E-state index in [1.807, 2.05) is 0 Å². The van der Waals surface area contributed by atoms with E-state index < -0.39 is 130 Å². The molecule has 19 nitrogen and oxygen atoms in total. The lowest BCUT2D eigenvalue weighted by Crippen LogP contribution is -2.68. The maximum atomic E-state index is 10.9. The van der Waals surface area contributed by atoms with Gasteiger partial charge < -0.3 is 95.4 Å². The van der Waals surface area contributed by atoms with Crippen molar-refractivity contribution in [1.29, 1.82) is 0 Å². The lowest BCUT2D eigenvalue weighted by Gasteiger charge is -2.48. The first-order valence-corrected chi connectivity index (χ1v) is 13.9. The second-order valence-electron chi connectivity index (χ2n) is 11.0. The van der Waals surface area contributed by atoms with Crippen LogP contribution < -0.4 is 5.32 Å². The summed E-state index contributed by atoms with van der Waals surface area (Å²) in [5.74, 6) is 0. The topological polar surface area (TPSA) is 329 Å². The van der Waals surface area contributed by atoms with Gasteiger partial charge in [-0.15, -0.1) is 0 Å². The molecule has 2 saturated heterocycles. The third-order valence-corrected chi connectivity index (χ3v) is 8.03. The Labute approximate surface area is 250 Å². The summed E-state index contributed by atoms with van der Waals surface area (Å²) in [6, 6.07) is -2.21. The Morgan fingerprint density at radius 1 is 0.886 bits per heavy atom. The third-order valence-electron chi connectivity index (χ3n) is 8.03. The molecule has 19 heteroatoms. The van der Waals surface area contributed by atoms with Gasteiger partial charge in [0.15, 0.2) is 18.9 Å². The van der Waals surface area contributed by atoms with Crippen LogP contribution in [0, 0.1) is 0 Å². The van der Waals surface area contributed by atoms with Crippen LogP contribution in [0.2, 0.25) is 0 Å². The Hall–Kier alpha value is -1.31. The van der Waals surface area contributed by atoms with Crippen LogP contribution in [-0.2, 0) is 23.7 Å². The first-order valence-electron chi connectivity index (χ1n) is 13.9. The van der Waals surface area contributed by atoms with E-state index in [4.69, 9.17) is 18.9 Å². The molecule has 0 saturated carbocycles. The van der Waals surface area contributed by atoms with Gasteiger partial charge in [0.25, 0.3) is 0 Å². The SMILES string of the molecule is CC1OC(OC2C(CO)OC(OC(C(O)CO)C(O)C(O)C=O)C(O)C2O)C(O)C(O)C1NC1C=C(CO)C(O)C(O)C1O. The summed E-state index contributed by atoms with van der Waals surface area (Å²) in [5, 5.41) is 135. The maximum absolute atomic E-state index is 10.9. The van der Waals surface area contributed by atoms with E-state index in [-0.39, 0.29) is 11.9 Å². The minimum absolute atomic E-state index is 0.00900. The van der Waals surface area contributed by atoms with Gasteiger partial charge in [0.2, 0.25) is 0 Å². The molecule has 3 aliphatic rings. The van der Waals surface area contributed by atoms with Crippen LogP contribution in [0.4, 0.5) is 0 Å². The van der Waals surface area contributed by atoms with Gasteiger partial charge in [0.1, 0.15) is 79.4 Å². The Bertz CT molecular complexity index is 943. The van der Waals surface area contributed by atoms with E-state index in [1.54, 1.807) is 0 Å². The molecule has 44 heavy (non-hydrogen) atoms. The van der Waals surface area contributed by atoms with Crippen molar-refractivity contribution in [2.75, 3.05) is 19.8 Å². The highest BCUT2D eigenvalue weighted by Gasteiger charge is 2.52. The number of hydrogen-bond acceptors (Lipinski definition) is 19. The van der Waals surface area contributed by atoms with Crippen LogP contribution in [-0.4, -0.2) is 203 Å². The van der Waals surface area contributed by atoms with Gasteiger partial charge in [0.05, 0.1) is 38.0 Å². The molecule has 1 aliphatic carbocycles. The summed E-state index contributed by atoms with van der Waals surface area (Å²) >= 11 is 0. The largest absolute Gasteiger partial charge is 0.394 e. The highest BCUT2D eigenvalue weighted by molar-refractivity contribution is 5.56. The van der Waals surface area contributed by atoms with Crippen LogP contribution >= 0.6 is 0 Å². The first-order chi connectivity index (χ1) is 20.7. The molecule has 14 N–H and O–H groups in total. The molecule has 256 valence electrons. The molecule has 0 bridgehead atoms. The standard InChI is InChI=1S/C25H43NO18/c1-7-13(26-9-2-8(3-27)14(33)18(37)15(9)34)17(36)20(39)24(41-7)44-23-12(6-30)42-25(21(40)19(23)38)43-22(11(32)5-29)16(35)10(31)4-28/h2,4,7,9-27,29-40H,3,5-6H2,1H3. The fraction of sp³-hybridized carbons (Fsp3) is 0.880. The number of hydrogen-bond donors (Lipinski definition) is 14. The maximum Gasteiger partial charge on any atom is 0.187 e. The average molecular weight is 646 g/mol. The predicted molar refractivity (Wildman–Crippen MR) is 139 cm³/mol. The number of aldehydes is 1. The van der Waals surface area contributed by atoms with E-state index in [0.717, 1.165) is 0 Å². The Morgan fingerprint density at radius 2 is 1.52 bits per heavy atom. The minimum Gasteiger partial charge on any atom is -0.394 e. The molecule has 2 aliphatic heterocycles. The van der Waals surface area contributed by atoms with Crippen molar-refractivity contribution < 1.29 is 90.1 Å². The van der Waals surface area contributed by atoms with Crippen molar-refractivity contribution in [3.05, 3.63) is 11.6 Å². The Morgan fingerprint density at radius 3 is 2.09 bits per heavy atom. The van der Waals surface area contributed by atoms with Crippen molar-refractivity contribution >= 4 is 6.29 Å². The van der Waals surface area contributed by atoms with Crippen molar-refractivity contribution in [3.8, 4) is 0 Å². The summed E-state index contributed by atoms with van der Waals surface area (Å²) in [6.07, 6.45) is -26.8. The molecule has 0 amide bonds. The van der Waals surface area contributed by atoms with Gasteiger partial charge >= 0.3 is 0 Å². The van der Waals surface area contributed by atoms with E-state index in [2.05, 4.69) is 5.32 Å². The molecular formula is C25H43NO18. The van der Waals surface area contributed by atoms with Gasteiger partial charge in [-0.3, -0.25) is 0 Å². The van der Waals surface area contributed by atoms with E-state index in [1.165, 1.54) is 13.0 Å². The molecule has 18 unspecified atom stereocenters. The lowest BCUT2D eigenvalue weighted by atomic mass is 9.86. The molecule has 0 aromatic heterocycles. The number of aliphatic hydroxyl groups is 13. The number of carbonyl (C=O) groups is 1. The van der Waals surface area contributed by atoms with Crippen LogP contribution in [0.25, 0.3) is 0 Å². The van der Waals surface area contributed by atoms with Crippen LogP contribution in [0.5, 0.6) is 0 Å². The van der Waals surface area contributed by atoms with Crippen LogP contribution in [0.15, 0.2) is 11.6 Å². The van der Waals surface area contributed by atoms with Crippen molar-refractivity contribution in [2.24, 2.45) is 0 Å². The van der Waals surface area contributed by atoms with Crippen LogP contribution in [0.3, 0.4) is 0 Å². The summed E-state index contributed by atoms with van der Waals surface area (Å²) in [5.41, 5.74) is 0.00900. The van der Waals surface area contributed by atoms with Gasteiger partial charge in [-0.05, 0) is 12.5 Å². The Balaban J connectivity index is 1.71. The normalized spacial score (nSPS) is 44.4. The van der Waals surface area contributed by atoms with Crippen molar-refractivity contribution in [2.45, 2.75) is 117 Å². The van der Waals surface area contributed by atoms with E-state index >= 15 is 0 Å². The van der Waals surface area contributed by atoms with Gasteiger partial charge in [-0.1, -0.05) is 6.08 Å². The second kappa shape index (κ2) is 16.0. The minimum atomic E-state index is -2.10. The van der Waals surface area contributed by atoms with Crippen LogP contribution in [0.1, 0.15) is 6.92 Å². The summed E-state index contributed by atoms with van der Waals surface area (Å²) in [7, 11) is 0. The lowest BCUT2D eigenvalue weighted by molar-refractivity contribution is -0.361. The number of carbonyl (C=O) groups excluding carboxylic acids is 1. The molecule has 0 radical (unpaired) electrons. The zero-order valence-corrected chi connectivity index (χ0v) is 23.5. The molecule has 0 aromatic rings. The number of ether oxygens (including phenoxy) is 4. The number of nitrogens with one attached hydrogen (secondary N) is 1. The highest BCUT2D eigenvalue weighted by atomic mass is 16.7. The average Bonchev–Trinajstić information content (AvgIpc) is 3.02. The molecule has 2 fully saturated rings. The fourth-order valence-corrected chi connectivity index (χ4v) is 5.36. The second-order valence-corrected chi connectivity index (χ2v) is 11.0. The summed E-state index contributed by atoms with van der Waals surface area (Å²) in [4.78, 5) is 10.9. The van der Waals surface area contributed by atoms with Crippen molar-refractivity contribution in [3.63, 3.8) is 0 Å². The molecular weight excluding hydrogens is 602 g/mol. The molecule has 3 rings (SSSR count). The fourth-order valence-electron chi connectivity index (χ4n) is 5.36. The van der Waals surface area contributed by atoms with Crippen molar-refractivity contribution in [1.82, 2.24) is 5.32 Å². The molecule has 2 heterocycles. The third kappa shape index (κ3) is 7.79. The molecule has 0 aromatic carbocycles. The highest BCUT2D eigenvalue weighted by Crippen LogP contribution is 2.31. The van der Waals surface area contributed by atoms with Gasteiger partial charge in [-0.25, -0.2) is 0 Å². The Kier molecular flexibility index (Phi) is 13.5. The predicted octanol–water partition coefficient (Wildman–Crippen LogP) is -8.72. The quantitative estimate of drug-likeness (QED) is 0.0653. The summed E-state index contributed by atoms with van der Waals surface area (Å²) < 4.78 is 22.0. The number of rotatable bonds is 13. The van der Waals surface area contributed by atoms with Gasteiger partial charge in [0, 0.05) is 0 Å². The number of aliphatic hydroxyl groups excluding tert-OH is 13.